The third-order valence-corrected chi connectivity index (χ3v) is 7.47. The first-order valence-electron chi connectivity index (χ1n) is 11.6. The molecule has 1 unspecified atom stereocenters. The van der Waals surface area contributed by atoms with Crippen LogP contribution in [0.15, 0.2) is 30.3 Å². The lowest BCUT2D eigenvalue weighted by atomic mass is 9.60. The number of carbonyl (C=O) groups is 2. The Morgan fingerprint density at radius 1 is 1.24 bits per heavy atom. The molecule has 2 heterocycles. The van der Waals surface area contributed by atoms with E-state index in [-0.39, 0.29) is 6.54 Å². The minimum Gasteiger partial charge on any atom is -0.351 e. The van der Waals surface area contributed by atoms with Crippen molar-refractivity contribution in [3.63, 3.8) is 0 Å². The van der Waals surface area contributed by atoms with Gasteiger partial charge < -0.3 is 20.9 Å². The Morgan fingerprint density at radius 2 is 1.91 bits per heavy atom. The molecule has 3 amide bonds. The van der Waals surface area contributed by atoms with Crippen molar-refractivity contribution in [1.29, 1.82) is 5.26 Å². The maximum atomic E-state index is 15.2. The molecule has 0 bridgehead atoms. The molecule has 3 fully saturated rings. The van der Waals surface area contributed by atoms with Gasteiger partial charge in [-0.15, -0.1) is 0 Å². The number of rotatable bonds is 8. The molecule has 0 radical (unpaired) electrons. The first-order chi connectivity index (χ1) is 15.7. The van der Waals surface area contributed by atoms with Gasteiger partial charge in [0.05, 0.1) is 18.0 Å². The number of nitrogens with two attached hydrogens (primary N) is 1. The van der Waals surface area contributed by atoms with Crippen LogP contribution in [0.1, 0.15) is 37.7 Å². The minimum atomic E-state index is -3.16. The van der Waals surface area contributed by atoms with Crippen LogP contribution in [0.25, 0.3) is 0 Å². The zero-order chi connectivity index (χ0) is 23.6. The summed E-state index contributed by atoms with van der Waals surface area (Å²) in [6.07, 6.45) is 2.65. The number of hydrogen-bond acceptors (Lipinski definition) is 4. The van der Waals surface area contributed by atoms with Crippen LogP contribution < -0.4 is 11.1 Å². The van der Waals surface area contributed by atoms with Gasteiger partial charge in [0.1, 0.15) is 6.54 Å². The number of hydrogen-bond donors (Lipinski definition) is 2. The van der Waals surface area contributed by atoms with Crippen LogP contribution in [0.4, 0.5) is 13.6 Å². The lowest BCUT2D eigenvalue weighted by Crippen LogP contribution is -2.73. The number of piperidine rings is 1. The molecule has 2 atom stereocenters. The van der Waals surface area contributed by atoms with Crippen molar-refractivity contribution >= 4 is 11.9 Å². The topological polar surface area (TPSA) is 102 Å². The fraction of sp³-hybridized carbons (Fsp3) is 0.625. The number of urea groups is 1. The van der Waals surface area contributed by atoms with Crippen molar-refractivity contribution in [3.05, 3.63) is 35.9 Å². The second-order valence-corrected chi connectivity index (χ2v) is 9.75. The molecule has 2 saturated heterocycles. The molecule has 1 saturated carbocycles. The van der Waals surface area contributed by atoms with Crippen LogP contribution in [0.5, 0.6) is 0 Å². The van der Waals surface area contributed by atoms with Crippen LogP contribution in [-0.2, 0) is 11.2 Å². The number of carbonyl (C=O) groups excluding carboxylic acids is 2. The maximum absolute atomic E-state index is 15.2. The molecule has 1 aliphatic carbocycles. The first-order valence-corrected chi connectivity index (χ1v) is 11.6. The van der Waals surface area contributed by atoms with Crippen LogP contribution in [-0.4, -0.2) is 65.9 Å². The number of alkyl halides is 2. The standard InChI is InChI=1S/C24H31F2N5O2/c25-24(26,14-17-4-2-1-3-5-17)15-19(21(32)29-11-10-27)20-23(16-31(20)22(28)33)8-12-30(13-9-23)18-6-7-18/h1-5,18-20H,6-9,11-16H2,(H2,28,33)(H,29,32)/t19-,20?/m0/s1. The highest BCUT2D eigenvalue weighted by Crippen LogP contribution is 2.52. The molecule has 3 N–H and O–H groups in total. The second kappa shape index (κ2) is 9.26. The highest BCUT2D eigenvalue weighted by atomic mass is 19.3. The molecule has 1 spiro atoms. The number of likely N-dealkylation sites (tertiary alicyclic amines) is 2. The van der Waals surface area contributed by atoms with Crippen molar-refractivity contribution in [2.45, 2.75) is 56.5 Å². The smallest absolute Gasteiger partial charge is 0.315 e. The summed E-state index contributed by atoms with van der Waals surface area (Å²) in [6.45, 7) is 1.78. The van der Waals surface area contributed by atoms with E-state index in [2.05, 4.69) is 10.2 Å². The van der Waals surface area contributed by atoms with E-state index in [0.29, 0.717) is 18.2 Å². The van der Waals surface area contributed by atoms with Gasteiger partial charge in [0, 0.05) is 30.8 Å². The lowest BCUT2D eigenvalue weighted by Gasteiger charge is -2.62. The van der Waals surface area contributed by atoms with Crippen molar-refractivity contribution in [2.75, 3.05) is 26.2 Å². The van der Waals surface area contributed by atoms with E-state index >= 15 is 8.78 Å². The van der Waals surface area contributed by atoms with Gasteiger partial charge in [0.2, 0.25) is 5.91 Å². The molecule has 9 heteroatoms. The summed E-state index contributed by atoms with van der Waals surface area (Å²) < 4.78 is 30.5. The summed E-state index contributed by atoms with van der Waals surface area (Å²) in [5, 5.41) is 11.4. The maximum Gasteiger partial charge on any atom is 0.315 e. The van der Waals surface area contributed by atoms with Gasteiger partial charge in [0.25, 0.3) is 5.92 Å². The van der Waals surface area contributed by atoms with Gasteiger partial charge in [-0.25, -0.2) is 13.6 Å². The predicted molar refractivity (Wildman–Crippen MR) is 118 cm³/mol. The number of primary amides is 1. The summed E-state index contributed by atoms with van der Waals surface area (Å²) in [5.41, 5.74) is 5.67. The molecule has 3 aliphatic rings. The number of benzene rings is 1. The highest BCUT2D eigenvalue weighted by Gasteiger charge is 2.60. The monoisotopic (exact) mass is 459 g/mol. The largest absolute Gasteiger partial charge is 0.351 e. The van der Waals surface area contributed by atoms with Crippen molar-refractivity contribution in [2.24, 2.45) is 17.1 Å². The zero-order valence-electron chi connectivity index (χ0n) is 18.7. The van der Waals surface area contributed by atoms with Crippen molar-refractivity contribution in [3.8, 4) is 6.07 Å². The van der Waals surface area contributed by atoms with Gasteiger partial charge in [-0.2, -0.15) is 5.26 Å². The van der Waals surface area contributed by atoms with E-state index in [9.17, 15) is 9.59 Å². The third-order valence-electron chi connectivity index (χ3n) is 7.47. The van der Waals surface area contributed by atoms with E-state index in [0.717, 1.165) is 25.9 Å². The molecule has 0 aromatic heterocycles. The fourth-order valence-electron chi connectivity index (χ4n) is 5.73. The molecule has 2 aliphatic heterocycles. The Morgan fingerprint density at radius 3 is 2.48 bits per heavy atom. The molecular weight excluding hydrogens is 428 g/mol. The summed E-state index contributed by atoms with van der Waals surface area (Å²) in [7, 11) is 0. The molecular formula is C24H31F2N5O2. The number of halogens is 2. The SMILES string of the molecule is N#CCNC(=O)[C@@H](CC(F)(F)Cc1ccccc1)C1N(C(N)=O)CC12CCN(C1CC1)CC2. The first kappa shape index (κ1) is 23.4. The molecule has 33 heavy (non-hydrogen) atoms. The molecule has 1 aromatic rings. The number of nitrogens with one attached hydrogen (secondary N) is 1. The average Bonchev–Trinajstić information content (AvgIpc) is 3.61. The fourth-order valence-corrected chi connectivity index (χ4v) is 5.73. The number of nitriles is 1. The van der Waals surface area contributed by atoms with Crippen molar-refractivity contribution in [1.82, 2.24) is 15.1 Å². The second-order valence-electron chi connectivity index (χ2n) is 9.75. The summed E-state index contributed by atoms with van der Waals surface area (Å²) in [6, 6.07) is 9.47. The van der Waals surface area contributed by atoms with Crippen LogP contribution >= 0.6 is 0 Å². The molecule has 1 aromatic carbocycles. The van der Waals surface area contributed by atoms with Crippen LogP contribution in [0.2, 0.25) is 0 Å². The quantitative estimate of drug-likeness (QED) is 0.583. The van der Waals surface area contributed by atoms with E-state index in [1.165, 1.54) is 17.7 Å². The van der Waals surface area contributed by atoms with Crippen LogP contribution in [0.3, 0.4) is 0 Å². The van der Waals surface area contributed by atoms with Gasteiger partial charge >= 0.3 is 6.03 Å². The molecule has 4 rings (SSSR count). The normalized spacial score (nSPS) is 23.4. The van der Waals surface area contributed by atoms with Gasteiger partial charge in [0.15, 0.2) is 0 Å². The Balaban J connectivity index is 1.57. The van der Waals surface area contributed by atoms with E-state index in [4.69, 9.17) is 11.0 Å². The Bertz CT molecular complexity index is 907. The van der Waals surface area contributed by atoms with Crippen LogP contribution in [0, 0.1) is 22.7 Å². The number of amides is 3. The van der Waals surface area contributed by atoms with Gasteiger partial charge in [-0.1, -0.05) is 30.3 Å². The van der Waals surface area contributed by atoms with E-state index in [1.807, 2.05) is 6.07 Å². The summed E-state index contributed by atoms with van der Waals surface area (Å²) in [5.74, 6) is -4.93. The van der Waals surface area contributed by atoms with Gasteiger partial charge in [-0.05, 0) is 44.3 Å². The van der Waals surface area contributed by atoms with Crippen molar-refractivity contribution < 1.29 is 18.4 Å². The van der Waals surface area contributed by atoms with E-state index < -0.39 is 48.1 Å². The Hall–Kier alpha value is -2.73. The predicted octanol–water partition coefficient (Wildman–Crippen LogP) is 2.52. The minimum absolute atomic E-state index is 0.272. The molecule has 178 valence electrons. The summed E-state index contributed by atoms with van der Waals surface area (Å²) >= 11 is 0. The average molecular weight is 460 g/mol. The highest BCUT2D eigenvalue weighted by molar-refractivity contribution is 5.82. The zero-order valence-corrected chi connectivity index (χ0v) is 18.7. The van der Waals surface area contributed by atoms with Gasteiger partial charge in [-0.3, -0.25) is 4.79 Å². The summed E-state index contributed by atoms with van der Waals surface area (Å²) in [4.78, 5) is 29.0. The third kappa shape index (κ3) is 5.11. The van der Waals surface area contributed by atoms with E-state index in [1.54, 1.807) is 30.3 Å². The number of nitrogens with zero attached hydrogens (tertiary/aromatic N) is 3. The molecule has 7 nitrogen and oxygen atoms in total. The Kier molecular flexibility index (Phi) is 6.57. The lowest BCUT2D eigenvalue weighted by molar-refractivity contribution is -0.152. The Labute approximate surface area is 192 Å².